The Morgan fingerprint density at radius 2 is 2.44 bits per heavy atom. The van der Waals surface area contributed by atoms with Gasteiger partial charge in [0.15, 0.2) is 5.82 Å². The SMILES string of the molecule is CCC(C)c1noc(CC2CNCCO2)n1. The molecule has 1 fully saturated rings. The van der Waals surface area contributed by atoms with Crippen LogP contribution < -0.4 is 5.32 Å². The lowest BCUT2D eigenvalue weighted by Gasteiger charge is -2.21. The molecule has 0 amide bonds. The smallest absolute Gasteiger partial charge is 0.229 e. The fraction of sp³-hybridized carbons (Fsp3) is 0.818. The van der Waals surface area contributed by atoms with E-state index >= 15 is 0 Å². The van der Waals surface area contributed by atoms with E-state index in [2.05, 4.69) is 29.3 Å². The lowest BCUT2D eigenvalue weighted by atomic mass is 10.1. The first-order chi connectivity index (χ1) is 7.79. The summed E-state index contributed by atoms with van der Waals surface area (Å²) in [5, 5.41) is 7.27. The van der Waals surface area contributed by atoms with Gasteiger partial charge in [0.1, 0.15) is 0 Å². The zero-order chi connectivity index (χ0) is 11.4. The van der Waals surface area contributed by atoms with E-state index in [0.29, 0.717) is 18.2 Å². The minimum atomic E-state index is 0.166. The molecule has 1 aliphatic rings. The quantitative estimate of drug-likeness (QED) is 0.832. The third kappa shape index (κ3) is 2.80. The average molecular weight is 225 g/mol. The van der Waals surface area contributed by atoms with Gasteiger partial charge < -0.3 is 14.6 Å². The molecule has 0 spiro atoms. The van der Waals surface area contributed by atoms with Gasteiger partial charge in [-0.15, -0.1) is 0 Å². The fourth-order valence-electron chi connectivity index (χ4n) is 1.68. The molecule has 0 radical (unpaired) electrons. The maximum absolute atomic E-state index is 5.59. The predicted octanol–water partition coefficient (Wildman–Crippen LogP) is 1.11. The van der Waals surface area contributed by atoms with E-state index in [-0.39, 0.29) is 6.10 Å². The molecule has 0 aromatic carbocycles. The summed E-state index contributed by atoms with van der Waals surface area (Å²) in [5.74, 6) is 1.85. The number of aromatic nitrogens is 2. The molecule has 0 saturated carbocycles. The van der Waals surface area contributed by atoms with E-state index in [9.17, 15) is 0 Å². The summed E-state index contributed by atoms with van der Waals surface area (Å²) >= 11 is 0. The highest BCUT2D eigenvalue weighted by Gasteiger charge is 2.18. The van der Waals surface area contributed by atoms with Gasteiger partial charge in [0, 0.05) is 19.0 Å². The van der Waals surface area contributed by atoms with Gasteiger partial charge in [0.25, 0.3) is 0 Å². The Labute approximate surface area is 95.6 Å². The normalized spacial score (nSPS) is 23.2. The Morgan fingerprint density at radius 1 is 1.56 bits per heavy atom. The van der Waals surface area contributed by atoms with Crippen molar-refractivity contribution in [1.29, 1.82) is 0 Å². The molecule has 1 N–H and O–H groups in total. The largest absolute Gasteiger partial charge is 0.375 e. The maximum atomic E-state index is 5.59. The van der Waals surface area contributed by atoms with Crippen LogP contribution in [0.3, 0.4) is 0 Å². The Hall–Kier alpha value is -0.940. The second-order valence-corrected chi connectivity index (χ2v) is 4.26. The summed E-state index contributed by atoms with van der Waals surface area (Å²) in [7, 11) is 0. The minimum Gasteiger partial charge on any atom is -0.375 e. The van der Waals surface area contributed by atoms with Crippen LogP contribution >= 0.6 is 0 Å². The molecule has 16 heavy (non-hydrogen) atoms. The van der Waals surface area contributed by atoms with Crippen LogP contribution in [-0.2, 0) is 11.2 Å². The lowest BCUT2D eigenvalue weighted by Crippen LogP contribution is -2.39. The minimum absolute atomic E-state index is 0.166. The van der Waals surface area contributed by atoms with Crippen molar-refractivity contribution in [2.75, 3.05) is 19.7 Å². The van der Waals surface area contributed by atoms with Crippen molar-refractivity contribution in [3.05, 3.63) is 11.7 Å². The second kappa shape index (κ2) is 5.41. The van der Waals surface area contributed by atoms with Crippen molar-refractivity contribution in [2.45, 2.75) is 38.7 Å². The first-order valence-electron chi connectivity index (χ1n) is 5.94. The van der Waals surface area contributed by atoms with Gasteiger partial charge >= 0.3 is 0 Å². The molecule has 1 aromatic rings. The van der Waals surface area contributed by atoms with Gasteiger partial charge in [-0.2, -0.15) is 4.98 Å². The Morgan fingerprint density at radius 3 is 3.12 bits per heavy atom. The van der Waals surface area contributed by atoms with E-state index in [1.54, 1.807) is 0 Å². The summed E-state index contributed by atoms with van der Waals surface area (Å²) in [5.41, 5.74) is 0. The number of morpholine rings is 1. The van der Waals surface area contributed by atoms with Crippen molar-refractivity contribution >= 4 is 0 Å². The van der Waals surface area contributed by atoms with Crippen LogP contribution in [-0.4, -0.2) is 35.9 Å². The highest BCUT2D eigenvalue weighted by atomic mass is 16.5. The van der Waals surface area contributed by atoms with Gasteiger partial charge in [-0.05, 0) is 6.42 Å². The third-order valence-corrected chi connectivity index (χ3v) is 2.94. The number of rotatable bonds is 4. The summed E-state index contributed by atoms with van der Waals surface area (Å²) in [4.78, 5) is 4.39. The van der Waals surface area contributed by atoms with E-state index in [1.165, 1.54) is 0 Å². The summed E-state index contributed by atoms with van der Waals surface area (Å²) in [6, 6.07) is 0. The molecule has 90 valence electrons. The standard InChI is InChI=1S/C11H19N3O2/c1-3-8(2)11-13-10(16-14-11)6-9-7-12-4-5-15-9/h8-9,12H,3-7H2,1-2H3. The van der Waals surface area contributed by atoms with Gasteiger partial charge in [-0.3, -0.25) is 0 Å². The molecule has 5 heteroatoms. The molecule has 0 aliphatic carbocycles. The van der Waals surface area contributed by atoms with Crippen LogP contribution in [0.5, 0.6) is 0 Å². The molecule has 1 aliphatic heterocycles. The number of hydrogen-bond donors (Lipinski definition) is 1. The molecule has 2 heterocycles. The van der Waals surface area contributed by atoms with Crippen LogP contribution in [0.1, 0.15) is 37.9 Å². The summed E-state index contributed by atoms with van der Waals surface area (Å²) < 4.78 is 10.8. The van der Waals surface area contributed by atoms with Crippen LogP contribution in [0.2, 0.25) is 0 Å². The highest BCUT2D eigenvalue weighted by molar-refractivity contribution is 4.94. The van der Waals surface area contributed by atoms with Gasteiger partial charge in [0.05, 0.1) is 19.1 Å². The lowest BCUT2D eigenvalue weighted by molar-refractivity contribution is 0.0246. The van der Waals surface area contributed by atoms with E-state index in [4.69, 9.17) is 9.26 Å². The average Bonchev–Trinajstić information content (AvgIpc) is 2.78. The van der Waals surface area contributed by atoms with Crippen molar-refractivity contribution in [3.63, 3.8) is 0 Å². The molecule has 0 bridgehead atoms. The molecule has 5 nitrogen and oxygen atoms in total. The van der Waals surface area contributed by atoms with Crippen molar-refractivity contribution in [1.82, 2.24) is 15.5 Å². The second-order valence-electron chi connectivity index (χ2n) is 4.26. The summed E-state index contributed by atoms with van der Waals surface area (Å²) in [6.07, 6.45) is 1.90. The Kier molecular flexibility index (Phi) is 3.90. The zero-order valence-electron chi connectivity index (χ0n) is 9.90. The maximum Gasteiger partial charge on any atom is 0.229 e. The van der Waals surface area contributed by atoms with Gasteiger partial charge in [-0.1, -0.05) is 19.0 Å². The van der Waals surface area contributed by atoms with E-state index < -0.39 is 0 Å². The number of ether oxygens (including phenoxy) is 1. The molecule has 2 atom stereocenters. The van der Waals surface area contributed by atoms with Crippen molar-refractivity contribution in [2.24, 2.45) is 0 Å². The number of nitrogens with zero attached hydrogens (tertiary/aromatic N) is 2. The van der Waals surface area contributed by atoms with Crippen molar-refractivity contribution < 1.29 is 9.26 Å². The topological polar surface area (TPSA) is 60.2 Å². The number of hydrogen-bond acceptors (Lipinski definition) is 5. The first-order valence-corrected chi connectivity index (χ1v) is 5.94. The highest BCUT2D eigenvalue weighted by Crippen LogP contribution is 2.15. The molecule has 1 saturated heterocycles. The molecular formula is C11H19N3O2. The molecule has 1 aromatic heterocycles. The van der Waals surface area contributed by atoms with Crippen LogP contribution in [0.25, 0.3) is 0 Å². The van der Waals surface area contributed by atoms with E-state index in [1.807, 2.05) is 0 Å². The molecule has 2 unspecified atom stereocenters. The van der Waals surface area contributed by atoms with Crippen LogP contribution in [0.4, 0.5) is 0 Å². The first kappa shape index (κ1) is 11.5. The monoisotopic (exact) mass is 225 g/mol. The third-order valence-electron chi connectivity index (χ3n) is 2.94. The Balaban J connectivity index is 1.91. The van der Waals surface area contributed by atoms with Crippen LogP contribution in [0, 0.1) is 0 Å². The zero-order valence-corrected chi connectivity index (χ0v) is 9.90. The van der Waals surface area contributed by atoms with Crippen LogP contribution in [0.15, 0.2) is 4.52 Å². The Bertz CT molecular complexity index is 321. The van der Waals surface area contributed by atoms with E-state index in [0.717, 1.165) is 31.9 Å². The predicted molar refractivity (Wildman–Crippen MR) is 59.3 cm³/mol. The molecule has 2 rings (SSSR count). The number of nitrogens with one attached hydrogen (secondary N) is 1. The fourth-order valence-corrected chi connectivity index (χ4v) is 1.68. The van der Waals surface area contributed by atoms with Gasteiger partial charge in [0.2, 0.25) is 5.89 Å². The van der Waals surface area contributed by atoms with Crippen molar-refractivity contribution in [3.8, 4) is 0 Å². The summed E-state index contributed by atoms with van der Waals surface area (Å²) in [6.45, 7) is 6.78. The van der Waals surface area contributed by atoms with Gasteiger partial charge in [-0.25, -0.2) is 0 Å². The molecular weight excluding hydrogens is 206 g/mol.